The number of aromatic nitrogens is 2. The molecule has 0 aliphatic carbocycles. The molecule has 1 rings (SSSR count). The molecule has 0 fully saturated rings. The van der Waals surface area contributed by atoms with Crippen LogP contribution >= 0.6 is 0 Å². The van der Waals surface area contributed by atoms with Crippen LogP contribution in [-0.2, 0) is 6.54 Å². The van der Waals surface area contributed by atoms with Gasteiger partial charge in [0.15, 0.2) is 0 Å². The van der Waals surface area contributed by atoms with E-state index < -0.39 is 5.97 Å². The highest BCUT2D eigenvalue weighted by atomic mass is 16.4. The zero-order valence-electron chi connectivity index (χ0n) is 7.77. The van der Waals surface area contributed by atoms with Crippen LogP contribution in [0.5, 0.6) is 0 Å². The van der Waals surface area contributed by atoms with Crippen molar-refractivity contribution >= 4 is 5.97 Å². The van der Waals surface area contributed by atoms with Crippen LogP contribution in [-0.4, -0.2) is 46.2 Å². The van der Waals surface area contributed by atoms with Gasteiger partial charge in [-0.3, -0.25) is 0 Å². The summed E-state index contributed by atoms with van der Waals surface area (Å²) in [6.45, 7) is 1.45. The Kier molecular flexibility index (Phi) is 3.02. The normalized spacial score (nSPS) is 10.7. The second-order valence-corrected chi connectivity index (χ2v) is 3.08. The molecule has 13 heavy (non-hydrogen) atoms. The molecule has 5 heteroatoms. The van der Waals surface area contributed by atoms with Gasteiger partial charge in [0.2, 0.25) is 0 Å². The minimum absolute atomic E-state index is 0.238. The highest BCUT2D eigenvalue weighted by Gasteiger charge is 2.08. The topological polar surface area (TPSA) is 58.4 Å². The lowest BCUT2D eigenvalue weighted by atomic mass is 10.4. The van der Waals surface area contributed by atoms with Gasteiger partial charge in [-0.2, -0.15) is 0 Å². The summed E-state index contributed by atoms with van der Waals surface area (Å²) in [4.78, 5) is 16.4. The molecule has 1 N–H and O–H groups in total. The lowest BCUT2D eigenvalue weighted by Crippen LogP contribution is -2.20. The fraction of sp³-hybridized carbons (Fsp3) is 0.500. The Morgan fingerprint density at radius 2 is 2.38 bits per heavy atom. The number of rotatable bonds is 4. The third-order valence-electron chi connectivity index (χ3n) is 1.72. The Morgan fingerprint density at radius 3 is 2.92 bits per heavy atom. The molecule has 0 radical (unpaired) electrons. The Morgan fingerprint density at radius 1 is 1.69 bits per heavy atom. The van der Waals surface area contributed by atoms with E-state index in [-0.39, 0.29) is 5.69 Å². The average molecular weight is 183 g/mol. The van der Waals surface area contributed by atoms with Gasteiger partial charge < -0.3 is 14.6 Å². The van der Waals surface area contributed by atoms with Crippen molar-refractivity contribution in [2.24, 2.45) is 0 Å². The van der Waals surface area contributed by atoms with Crippen LogP contribution in [0.15, 0.2) is 12.5 Å². The maximum atomic E-state index is 10.7. The van der Waals surface area contributed by atoms with Crippen molar-refractivity contribution in [3.8, 4) is 0 Å². The predicted octanol–water partition coefficient (Wildman–Crippen LogP) is 0.143. The summed E-state index contributed by atoms with van der Waals surface area (Å²) in [6, 6.07) is 0. The van der Waals surface area contributed by atoms with E-state index in [0.717, 1.165) is 6.54 Å². The van der Waals surface area contributed by atoms with Gasteiger partial charge in [0.05, 0.1) is 12.5 Å². The summed E-state index contributed by atoms with van der Waals surface area (Å²) in [7, 11) is 3.88. The van der Waals surface area contributed by atoms with E-state index in [1.54, 1.807) is 4.57 Å². The Labute approximate surface area is 76.6 Å². The lowest BCUT2D eigenvalue weighted by Gasteiger charge is -2.10. The van der Waals surface area contributed by atoms with E-state index in [2.05, 4.69) is 4.98 Å². The number of hydrogen-bond donors (Lipinski definition) is 1. The van der Waals surface area contributed by atoms with E-state index in [4.69, 9.17) is 5.11 Å². The molecule has 0 unspecified atom stereocenters. The van der Waals surface area contributed by atoms with Crippen molar-refractivity contribution in [1.82, 2.24) is 14.5 Å². The number of likely N-dealkylation sites (N-methyl/N-ethyl adjacent to an activating group) is 1. The average Bonchev–Trinajstić information content (AvgIpc) is 2.47. The second kappa shape index (κ2) is 4.04. The first-order valence-electron chi connectivity index (χ1n) is 3.99. The fourth-order valence-electron chi connectivity index (χ4n) is 0.985. The number of nitrogens with zero attached hydrogens (tertiary/aromatic N) is 3. The molecule has 0 aromatic carbocycles. The number of carboxylic acids is 1. The van der Waals surface area contributed by atoms with Gasteiger partial charge in [-0.05, 0) is 14.1 Å². The largest absolute Gasteiger partial charge is 0.477 e. The van der Waals surface area contributed by atoms with Gasteiger partial charge in [0.25, 0.3) is 0 Å². The molecule has 72 valence electrons. The van der Waals surface area contributed by atoms with E-state index in [1.807, 2.05) is 19.0 Å². The molecule has 0 saturated heterocycles. The zero-order valence-corrected chi connectivity index (χ0v) is 7.77. The van der Waals surface area contributed by atoms with E-state index >= 15 is 0 Å². The quantitative estimate of drug-likeness (QED) is 0.721. The molecule has 0 saturated carbocycles. The molecule has 1 heterocycles. The molecule has 0 aliphatic heterocycles. The van der Waals surface area contributed by atoms with Crippen LogP contribution in [0, 0.1) is 0 Å². The minimum Gasteiger partial charge on any atom is -0.477 e. The maximum Gasteiger partial charge on any atom is 0.354 e. The van der Waals surface area contributed by atoms with Crippen molar-refractivity contribution in [2.75, 3.05) is 20.6 Å². The lowest BCUT2D eigenvalue weighted by molar-refractivity contribution is 0.0684. The summed E-state index contributed by atoms with van der Waals surface area (Å²) in [5, 5.41) is 8.75. The molecule has 0 aliphatic rings. The van der Waals surface area contributed by atoms with E-state index in [1.165, 1.54) is 12.5 Å². The first-order chi connectivity index (χ1) is 6.11. The maximum absolute atomic E-state index is 10.7. The third kappa shape index (κ3) is 2.55. The Bertz CT molecular complexity index is 293. The Balaban J connectivity index is 2.65. The van der Waals surface area contributed by atoms with Crippen LogP contribution in [0.1, 0.15) is 10.5 Å². The predicted molar refractivity (Wildman–Crippen MR) is 47.7 cm³/mol. The van der Waals surface area contributed by atoms with Gasteiger partial charge in [-0.15, -0.1) is 0 Å². The highest BCUT2D eigenvalue weighted by Crippen LogP contribution is 1.98. The highest BCUT2D eigenvalue weighted by molar-refractivity contribution is 5.85. The summed E-state index contributed by atoms with van der Waals surface area (Å²) in [5.41, 5.74) is 0.238. The van der Waals surface area contributed by atoms with Gasteiger partial charge in [0, 0.05) is 13.1 Å². The molecule has 5 nitrogen and oxygen atoms in total. The molecule has 0 bridgehead atoms. The Hall–Kier alpha value is -1.36. The number of imidazole rings is 1. The molecular formula is C8H13N3O2. The zero-order chi connectivity index (χ0) is 9.84. The molecule has 0 atom stereocenters. The van der Waals surface area contributed by atoms with E-state index in [9.17, 15) is 4.79 Å². The standard InChI is InChI=1S/C8H13N3O2/c1-10(2)3-4-11-6-9-5-7(11)8(12)13/h5-6H,3-4H2,1-2H3,(H,12,13). The van der Waals surface area contributed by atoms with Gasteiger partial charge >= 0.3 is 5.97 Å². The van der Waals surface area contributed by atoms with Crippen molar-refractivity contribution in [3.63, 3.8) is 0 Å². The summed E-state index contributed by atoms with van der Waals surface area (Å²) >= 11 is 0. The first-order valence-corrected chi connectivity index (χ1v) is 3.99. The number of carbonyl (C=O) groups is 1. The summed E-state index contributed by atoms with van der Waals surface area (Å²) < 4.78 is 1.63. The van der Waals surface area contributed by atoms with Crippen LogP contribution < -0.4 is 0 Å². The molecule has 0 amide bonds. The molecular weight excluding hydrogens is 170 g/mol. The number of carboxylic acid groups (broad SMARTS) is 1. The van der Waals surface area contributed by atoms with Gasteiger partial charge in [-0.25, -0.2) is 9.78 Å². The van der Waals surface area contributed by atoms with E-state index in [0.29, 0.717) is 6.54 Å². The van der Waals surface area contributed by atoms with Crippen LogP contribution in [0.4, 0.5) is 0 Å². The van der Waals surface area contributed by atoms with Crippen LogP contribution in [0.25, 0.3) is 0 Å². The van der Waals surface area contributed by atoms with Crippen molar-refractivity contribution < 1.29 is 9.90 Å². The number of aromatic carboxylic acids is 1. The molecule has 1 aromatic rings. The molecule has 0 spiro atoms. The third-order valence-corrected chi connectivity index (χ3v) is 1.72. The SMILES string of the molecule is CN(C)CCn1cncc1C(=O)O. The monoisotopic (exact) mass is 183 g/mol. The van der Waals surface area contributed by atoms with Crippen molar-refractivity contribution in [3.05, 3.63) is 18.2 Å². The number of hydrogen-bond acceptors (Lipinski definition) is 3. The van der Waals surface area contributed by atoms with Crippen LogP contribution in [0.3, 0.4) is 0 Å². The first kappa shape index (κ1) is 9.73. The second-order valence-electron chi connectivity index (χ2n) is 3.08. The van der Waals surface area contributed by atoms with Crippen molar-refractivity contribution in [2.45, 2.75) is 6.54 Å². The van der Waals surface area contributed by atoms with Crippen LogP contribution in [0.2, 0.25) is 0 Å². The smallest absolute Gasteiger partial charge is 0.354 e. The van der Waals surface area contributed by atoms with Crippen molar-refractivity contribution in [1.29, 1.82) is 0 Å². The van der Waals surface area contributed by atoms with Gasteiger partial charge in [0.1, 0.15) is 5.69 Å². The summed E-state index contributed by atoms with van der Waals surface area (Å²) in [5.74, 6) is -0.934. The molecule has 1 aromatic heterocycles. The minimum atomic E-state index is -0.934. The fourth-order valence-corrected chi connectivity index (χ4v) is 0.985. The van der Waals surface area contributed by atoms with Gasteiger partial charge in [-0.1, -0.05) is 0 Å². The summed E-state index contributed by atoms with van der Waals surface area (Å²) in [6.07, 6.45) is 2.89.